The van der Waals surface area contributed by atoms with Gasteiger partial charge in [0.2, 0.25) is 0 Å². The highest BCUT2D eigenvalue weighted by Gasteiger charge is 2.30. The second-order valence-corrected chi connectivity index (χ2v) is 6.07. The van der Waals surface area contributed by atoms with Crippen LogP contribution in [-0.4, -0.2) is 37.1 Å². The van der Waals surface area contributed by atoms with E-state index in [-0.39, 0.29) is 0 Å². The largest absolute Gasteiger partial charge is 0.313 e. The molecule has 0 aromatic heterocycles. The van der Waals surface area contributed by atoms with Crippen molar-refractivity contribution in [2.75, 3.05) is 20.1 Å². The molecule has 2 aliphatic rings. The summed E-state index contributed by atoms with van der Waals surface area (Å²) in [6, 6.07) is 1.58. The van der Waals surface area contributed by atoms with Gasteiger partial charge >= 0.3 is 0 Å². The molecule has 0 aromatic carbocycles. The molecule has 1 saturated carbocycles. The number of nitrogens with one attached hydrogen (secondary N) is 1. The van der Waals surface area contributed by atoms with Crippen molar-refractivity contribution in [3.63, 3.8) is 0 Å². The topological polar surface area (TPSA) is 15.3 Å². The summed E-state index contributed by atoms with van der Waals surface area (Å²) in [5.41, 5.74) is 0. The van der Waals surface area contributed by atoms with Gasteiger partial charge in [-0.3, -0.25) is 0 Å². The van der Waals surface area contributed by atoms with E-state index in [9.17, 15) is 0 Å². The molecular formula is C14H28N2. The van der Waals surface area contributed by atoms with Crippen molar-refractivity contribution in [3.05, 3.63) is 0 Å². The van der Waals surface area contributed by atoms with Gasteiger partial charge in [0, 0.05) is 18.6 Å². The van der Waals surface area contributed by atoms with Crippen LogP contribution in [0.15, 0.2) is 0 Å². The Bertz CT molecular complexity index is 211. The highest BCUT2D eigenvalue weighted by molar-refractivity contribution is 4.86. The molecule has 0 radical (unpaired) electrons. The van der Waals surface area contributed by atoms with Crippen LogP contribution >= 0.6 is 0 Å². The zero-order valence-electron chi connectivity index (χ0n) is 11.2. The first-order chi connectivity index (χ1) is 7.68. The summed E-state index contributed by atoms with van der Waals surface area (Å²) >= 11 is 0. The highest BCUT2D eigenvalue weighted by Crippen LogP contribution is 2.32. The van der Waals surface area contributed by atoms with E-state index in [0.717, 1.165) is 23.9 Å². The predicted octanol–water partition coefficient (Wildman–Crippen LogP) is 2.49. The molecule has 1 aliphatic heterocycles. The second-order valence-electron chi connectivity index (χ2n) is 6.07. The standard InChI is InChI=1S/C14H28N2/c1-11-6-4-8-14(12(11)2)16(3)10-13-7-5-9-15-13/h11-15H,4-10H2,1-3H3. The Hall–Kier alpha value is -0.0800. The van der Waals surface area contributed by atoms with Crippen molar-refractivity contribution in [2.24, 2.45) is 11.8 Å². The Balaban J connectivity index is 1.84. The van der Waals surface area contributed by atoms with Crippen LogP contribution in [0.25, 0.3) is 0 Å². The van der Waals surface area contributed by atoms with E-state index in [4.69, 9.17) is 0 Å². The molecule has 0 amide bonds. The lowest BCUT2D eigenvalue weighted by atomic mass is 9.77. The van der Waals surface area contributed by atoms with Gasteiger partial charge in [0.25, 0.3) is 0 Å². The lowest BCUT2D eigenvalue weighted by Gasteiger charge is -2.40. The van der Waals surface area contributed by atoms with Gasteiger partial charge in [-0.1, -0.05) is 26.7 Å². The third-order valence-corrected chi connectivity index (χ3v) is 4.90. The van der Waals surface area contributed by atoms with Crippen molar-refractivity contribution in [1.82, 2.24) is 10.2 Å². The summed E-state index contributed by atoms with van der Waals surface area (Å²) in [7, 11) is 2.33. The molecule has 94 valence electrons. The first-order valence-corrected chi connectivity index (χ1v) is 7.12. The SMILES string of the molecule is CC1CCCC(N(C)CC2CCCN2)C1C. The Labute approximate surface area is 101 Å². The van der Waals surface area contributed by atoms with E-state index in [1.165, 1.54) is 45.2 Å². The zero-order valence-corrected chi connectivity index (χ0v) is 11.2. The minimum atomic E-state index is 0.759. The molecule has 4 unspecified atom stereocenters. The van der Waals surface area contributed by atoms with Crippen molar-refractivity contribution in [3.8, 4) is 0 Å². The molecular weight excluding hydrogens is 196 g/mol. The average molecular weight is 224 g/mol. The smallest absolute Gasteiger partial charge is 0.0195 e. The second kappa shape index (κ2) is 5.50. The van der Waals surface area contributed by atoms with Crippen molar-refractivity contribution in [2.45, 2.75) is 58.0 Å². The minimum Gasteiger partial charge on any atom is -0.313 e. The van der Waals surface area contributed by atoms with Crippen LogP contribution in [0, 0.1) is 11.8 Å². The molecule has 16 heavy (non-hydrogen) atoms. The van der Waals surface area contributed by atoms with Gasteiger partial charge < -0.3 is 10.2 Å². The summed E-state index contributed by atoms with van der Waals surface area (Å²) in [6.07, 6.45) is 7.02. The number of rotatable bonds is 3. The predicted molar refractivity (Wildman–Crippen MR) is 69.6 cm³/mol. The summed E-state index contributed by atoms with van der Waals surface area (Å²) in [4.78, 5) is 2.63. The van der Waals surface area contributed by atoms with Gasteiger partial charge in [-0.25, -0.2) is 0 Å². The van der Waals surface area contributed by atoms with Crippen LogP contribution in [0.2, 0.25) is 0 Å². The van der Waals surface area contributed by atoms with E-state index in [0.29, 0.717) is 0 Å². The third-order valence-electron chi connectivity index (χ3n) is 4.90. The maximum Gasteiger partial charge on any atom is 0.0195 e. The van der Waals surface area contributed by atoms with E-state index < -0.39 is 0 Å². The van der Waals surface area contributed by atoms with Gasteiger partial charge in [-0.2, -0.15) is 0 Å². The van der Waals surface area contributed by atoms with Gasteiger partial charge in [0.15, 0.2) is 0 Å². The molecule has 1 saturated heterocycles. The number of likely N-dealkylation sites (N-methyl/N-ethyl adjacent to an activating group) is 1. The van der Waals surface area contributed by atoms with Crippen LogP contribution in [0.4, 0.5) is 0 Å². The molecule has 0 aromatic rings. The fraction of sp³-hybridized carbons (Fsp3) is 1.00. The Kier molecular flexibility index (Phi) is 4.26. The molecule has 2 nitrogen and oxygen atoms in total. The number of nitrogens with zero attached hydrogens (tertiary/aromatic N) is 1. The van der Waals surface area contributed by atoms with Crippen LogP contribution in [-0.2, 0) is 0 Å². The van der Waals surface area contributed by atoms with E-state index >= 15 is 0 Å². The van der Waals surface area contributed by atoms with Gasteiger partial charge in [0.05, 0.1) is 0 Å². The molecule has 1 aliphatic carbocycles. The summed E-state index contributed by atoms with van der Waals surface area (Å²) in [6.45, 7) is 7.36. The molecule has 2 fully saturated rings. The van der Waals surface area contributed by atoms with Crippen LogP contribution < -0.4 is 5.32 Å². The summed E-state index contributed by atoms with van der Waals surface area (Å²) in [5, 5.41) is 3.61. The maximum atomic E-state index is 3.61. The maximum absolute atomic E-state index is 3.61. The first-order valence-electron chi connectivity index (χ1n) is 7.12. The fourth-order valence-corrected chi connectivity index (χ4v) is 3.57. The lowest BCUT2D eigenvalue weighted by Crippen LogP contribution is -2.46. The fourth-order valence-electron chi connectivity index (χ4n) is 3.57. The zero-order chi connectivity index (χ0) is 11.5. The molecule has 4 atom stereocenters. The van der Waals surface area contributed by atoms with Gasteiger partial charge in [0.1, 0.15) is 0 Å². The monoisotopic (exact) mass is 224 g/mol. The lowest BCUT2D eigenvalue weighted by molar-refractivity contribution is 0.0962. The Morgan fingerprint density at radius 2 is 1.94 bits per heavy atom. The minimum absolute atomic E-state index is 0.759. The van der Waals surface area contributed by atoms with E-state index in [1.54, 1.807) is 0 Å². The molecule has 1 N–H and O–H groups in total. The number of hydrogen-bond donors (Lipinski definition) is 1. The van der Waals surface area contributed by atoms with E-state index in [2.05, 4.69) is 31.1 Å². The summed E-state index contributed by atoms with van der Waals surface area (Å²) < 4.78 is 0. The third kappa shape index (κ3) is 2.78. The first kappa shape index (κ1) is 12.4. The van der Waals surface area contributed by atoms with E-state index in [1.807, 2.05) is 0 Å². The van der Waals surface area contributed by atoms with Crippen LogP contribution in [0.5, 0.6) is 0 Å². The Morgan fingerprint density at radius 3 is 2.62 bits per heavy atom. The van der Waals surface area contributed by atoms with Crippen molar-refractivity contribution >= 4 is 0 Å². The van der Waals surface area contributed by atoms with Crippen molar-refractivity contribution < 1.29 is 0 Å². The Morgan fingerprint density at radius 1 is 1.12 bits per heavy atom. The van der Waals surface area contributed by atoms with Crippen LogP contribution in [0.1, 0.15) is 46.0 Å². The molecule has 2 heteroatoms. The number of hydrogen-bond acceptors (Lipinski definition) is 2. The average Bonchev–Trinajstić information content (AvgIpc) is 2.74. The van der Waals surface area contributed by atoms with Crippen LogP contribution in [0.3, 0.4) is 0 Å². The molecule has 0 spiro atoms. The normalized spacial score (nSPS) is 40.5. The van der Waals surface area contributed by atoms with Crippen molar-refractivity contribution in [1.29, 1.82) is 0 Å². The van der Waals surface area contributed by atoms with Gasteiger partial charge in [-0.05, 0) is 44.7 Å². The van der Waals surface area contributed by atoms with Gasteiger partial charge in [-0.15, -0.1) is 0 Å². The molecule has 0 bridgehead atoms. The molecule has 1 heterocycles. The molecule has 2 rings (SSSR count). The quantitative estimate of drug-likeness (QED) is 0.792. The summed E-state index contributed by atoms with van der Waals surface area (Å²) in [5.74, 6) is 1.79. The highest BCUT2D eigenvalue weighted by atomic mass is 15.2.